The van der Waals surface area contributed by atoms with Gasteiger partial charge in [-0.3, -0.25) is 5.32 Å². The molecule has 4 rings (SSSR count). The summed E-state index contributed by atoms with van der Waals surface area (Å²) in [4.78, 5) is 0. The van der Waals surface area contributed by atoms with Crippen molar-refractivity contribution in [2.75, 3.05) is 0 Å². The molecule has 0 bridgehead atoms. The van der Waals surface area contributed by atoms with Gasteiger partial charge < -0.3 is 4.42 Å². The third-order valence-corrected chi connectivity index (χ3v) is 4.95. The van der Waals surface area contributed by atoms with Crippen LogP contribution in [-0.4, -0.2) is 9.78 Å². The minimum Gasteiger partial charge on any atom is -0.467 e. The van der Waals surface area contributed by atoms with E-state index >= 15 is 0 Å². The van der Waals surface area contributed by atoms with Crippen molar-refractivity contribution in [2.45, 2.75) is 19.5 Å². The molecule has 1 N–H and O–H groups in total. The molecule has 0 fully saturated rings. The molecular formula is C22H20ClN3O. The molecule has 2 aromatic heterocycles. The number of aryl methyl sites for hydroxylation is 1. The highest BCUT2D eigenvalue weighted by Gasteiger charge is 2.19. The molecule has 0 spiro atoms. The molecule has 27 heavy (non-hydrogen) atoms. The van der Waals surface area contributed by atoms with Crippen molar-refractivity contribution < 1.29 is 4.42 Å². The SMILES string of the molecule is Cc1nn(-c2ccccc2)c(Cl)c1CN[C@@H](c1ccccc1)c1ccco1. The number of aromatic nitrogens is 2. The van der Waals surface area contributed by atoms with E-state index in [2.05, 4.69) is 22.5 Å². The zero-order chi connectivity index (χ0) is 18.6. The average Bonchev–Trinajstić information content (AvgIpc) is 3.33. The molecule has 0 aliphatic heterocycles. The zero-order valence-corrected chi connectivity index (χ0v) is 15.7. The van der Waals surface area contributed by atoms with Crippen molar-refractivity contribution in [3.05, 3.63) is 107 Å². The van der Waals surface area contributed by atoms with E-state index in [1.165, 1.54) is 0 Å². The number of benzene rings is 2. The van der Waals surface area contributed by atoms with E-state index in [-0.39, 0.29) is 6.04 Å². The normalized spacial score (nSPS) is 12.2. The fraction of sp³-hybridized carbons (Fsp3) is 0.136. The lowest BCUT2D eigenvalue weighted by atomic mass is 10.0. The predicted octanol–water partition coefficient (Wildman–Crippen LogP) is 5.31. The van der Waals surface area contributed by atoms with Crippen molar-refractivity contribution in [1.29, 1.82) is 0 Å². The highest BCUT2D eigenvalue weighted by molar-refractivity contribution is 6.30. The molecule has 0 unspecified atom stereocenters. The van der Waals surface area contributed by atoms with Crippen molar-refractivity contribution >= 4 is 11.6 Å². The van der Waals surface area contributed by atoms with Crippen LogP contribution in [0.15, 0.2) is 83.5 Å². The molecule has 0 saturated heterocycles. The van der Waals surface area contributed by atoms with E-state index in [0.717, 1.165) is 28.3 Å². The summed E-state index contributed by atoms with van der Waals surface area (Å²) in [5.41, 5.74) is 3.97. The molecule has 136 valence electrons. The lowest BCUT2D eigenvalue weighted by Crippen LogP contribution is -2.22. The molecule has 2 aromatic carbocycles. The molecule has 4 nitrogen and oxygen atoms in total. The van der Waals surface area contributed by atoms with Crippen molar-refractivity contribution in [1.82, 2.24) is 15.1 Å². The highest BCUT2D eigenvalue weighted by atomic mass is 35.5. The Labute approximate surface area is 163 Å². The molecule has 0 radical (unpaired) electrons. The number of halogens is 1. The topological polar surface area (TPSA) is 43.0 Å². The summed E-state index contributed by atoms with van der Waals surface area (Å²) in [7, 11) is 0. The van der Waals surface area contributed by atoms with Crippen LogP contribution in [0.25, 0.3) is 5.69 Å². The van der Waals surface area contributed by atoms with Gasteiger partial charge in [-0.25, -0.2) is 4.68 Å². The quantitative estimate of drug-likeness (QED) is 0.495. The van der Waals surface area contributed by atoms with Gasteiger partial charge in [0.2, 0.25) is 0 Å². The summed E-state index contributed by atoms with van der Waals surface area (Å²) in [6.07, 6.45) is 1.69. The second-order valence-corrected chi connectivity index (χ2v) is 6.70. The maximum absolute atomic E-state index is 6.66. The van der Waals surface area contributed by atoms with Crippen LogP contribution in [-0.2, 0) is 6.54 Å². The van der Waals surface area contributed by atoms with E-state index in [1.807, 2.05) is 67.6 Å². The molecule has 1 atom stereocenters. The van der Waals surface area contributed by atoms with Gasteiger partial charge in [0.1, 0.15) is 10.9 Å². The smallest absolute Gasteiger partial charge is 0.137 e. The molecule has 0 aliphatic carbocycles. The first-order valence-electron chi connectivity index (χ1n) is 8.85. The zero-order valence-electron chi connectivity index (χ0n) is 15.0. The molecule has 4 aromatic rings. The summed E-state index contributed by atoms with van der Waals surface area (Å²) in [5.74, 6) is 0.866. The lowest BCUT2D eigenvalue weighted by molar-refractivity contribution is 0.445. The largest absolute Gasteiger partial charge is 0.467 e. The van der Waals surface area contributed by atoms with Crippen LogP contribution in [0.3, 0.4) is 0 Å². The summed E-state index contributed by atoms with van der Waals surface area (Å²) in [5, 5.41) is 8.81. The van der Waals surface area contributed by atoms with Crippen molar-refractivity contribution in [2.24, 2.45) is 0 Å². The van der Waals surface area contributed by atoms with E-state index in [1.54, 1.807) is 10.9 Å². The van der Waals surface area contributed by atoms with Crippen molar-refractivity contribution in [3.63, 3.8) is 0 Å². The van der Waals surface area contributed by atoms with Gasteiger partial charge in [0.05, 0.1) is 23.7 Å². The summed E-state index contributed by atoms with van der Waals surface area (Å²) >= 11 is 6.66. The van der Waals surface area contributed by atoms with Crippen LogP contribution in [0.5, 0.6) is 0 Å². The Hall–Kier alpha value is -2.82. The Bertz CT molecular complexity index is 995. The predicted molar refractivity (Wildman–Crippen MR) is 107 cm³/mol. The Morgan fingerprint density at radius 1 is 1.00 bits per heavy atom. The first-order chi connectivity index (χ1) is 13.2. The Morgan fingerprint density at radius 3 is 2.37 bits per heavy atom. The standard InChI is InChI=1S/C22H20ClN3O/c1-16-19(22(23)26(25-16)18-11-6-3-7-12-18)15-24-21(20-13-8-14-27-20)17-9-4-2-5-10-17/h2-14,21,24H,15H2,1H3/t21-/m0/s1. The number of para-hydroxylation sites is 1. The number of nitrogens with zero attached hydrogens (tertiary/aromatic N) is 2. The second kappa shape index (κ2) is 7.82. The summed E-state index contributed by atoms with van der Waals surface area (Å²) in [6, 6.07) is 24.0. The number of hydrogen-bond acceptors (Lipinski definition) is 3. The first kappa shape index (κ1) is 17.6. The Kier molecular flexibility index (Phi) is 5.10. The maximum atomic E-state index is 6.66. The Morgan fingerprint density at radius 2 is 1.70 bits per heavy atom. The lowest BCUT2D eigenvalue weighted by Gasteiger charge is -2.17. The van der Waals surface area contributed by atoms with E-state index in [0.29, 0.717) is 11.7 Å². The van der Waals surface area contributed by atoms with Gasteiger partial charge >= 0.3 is 0 Å². The Balaban J connectivity index is 1.61. The van der Waals surface area contributed by atoms with E-state index in [4.69, 9.17) is 16.0 Å². The third kappa shape index (κ3) is 3.68. The summed E-state index contributed by atoms with van der Waals surface area (Å²) in [6.45, 7) is 2.56. The van der Waals surface area contributed by atoms with Crippen molar-refractivity contribution in [3.8, 4) is 5.69 Å². The minimum absolute atomic E-state index is 0.0586. The van der Waals surface area contributed by atoms with Crippen LogP contribution >= 0.6 is 11.6 Å². The van der Waals surface area contributed by atoms with Gasteiger partial charge in [0.15, 0.2) is 0 Å². The van der Waals surface area contributed by atoms with E-state index < -0.39 is 0 Å². The fourth-order valence-corrected chi connectivity index (χ4v) is 3.50. The molecular weight excluding hydrogens is 358 g/mol. The molecule has 0 aliphatic rings. The third-order valence-electron chi connectivity index (χ3n) is 4.57. The number of nitrogens with one attached hydrogen (secondary N) is 1. The van der Waals surface area contributed by atoms with Gasteiger partial charge in [-0.1, -0.05) is 60.1 Å². The van der Waals surface area contributed by atoms with Gasteiger partial charge in [-0.2, -0.15) is 5.10 Å². The minimum atomic E-state index is -0.0586. The van der Waals surface area contributed by atoms with Crippen LogP contribution in [0.2, 0.25) is 5.15 Å². The van der Waals surface area contributed by atoms with Gasteiger partial charge in [0, 0.05) is 12.1 Å². The number of hydrogen-bond donors (Lipinski definition) is 1. The van der Waals surface area contributed by atoms with Crippen LogP contribution < -0.4 is 5.32 Å². The molecule has 5 heteroatoms. The molecule has 2 heterocycles. The average molecular weight is 378 g/mol. The first-order valence-corrected chi connectivity index (χ1v) is 9.23. The van der Waals surface area contributed by atoms with Crippen LogP contribution in [0, 0.1) is 6.92 Å². The molecule has 0 saturated carbocycles. The van der Waals surface area contributed by atoms with E-state index in [9.17, 15) is 0 Å². The maximum Gasteiger partial charge on any atom is 0.137 e. The monoisotopic (exact) mass is 377 g/mol. The second-order valence-electron chi connectivity index (χ2n) is 6.34. The van der Waals surface area contributed by atoms with Gasteiger partial charge in [-0.05, 0) is 36.8 Å². The van der Waals surface area contributed by atoms with Crippen LogP contribution in [0.4, 0.5) is 0 Å². The number of rotatable bonds is 6. The van der Waals surface area contributed by atoms with Crippen LogP contribution in [0.1, 0.15) is 28.6 Å². The fourth-order valence-electron chi connectivity index (χ4n) is 3.16. The summed E-state index contributed by atoms with van der Waals surface area (Å²) < 4.78 is 7.43. The van der Waals surface area contributed by atoms with Gasteiger partial charge in [0.25, 0.3) is 0 Å². The number of furan rings is 1. The van der Waals surface area contributed by atoms with Gasteiger partial charge in [-0.15, -0.1) is 0 Å². The highest BCUT2D eigenvalue weighted by Crippen LogP contribution is 2.27. The molecule has 0 amide bonds.